The first-order valence-corrected chi connectivity index (χ1v) is 6.60. The van der Waals surface area contributed by atoms with Gasteiger partial charge in [0.15, 0.2) is 5.16 Å². The van der Waals surface area contributed by atoms with Gasteiger partial charge in [-0.2, -0.15) is 5.10 Å². The predicted molar refractivity (Wildman–Crippen MR) is 73.7 cm³/mol. The molecule has 0 amide bonds. The Bertz CT molecular complexity index is 573. The molecule has 2 heterocycles. The van der Waals surface area contributed by atoms with Crippen LogP contribution < -0.4 is 11.3 Å². The van der Waals surface area contributed by atoms with Crippen molar-refractivity contribution in [2.45, 2.75) is 36.4 Å². The highest BCUT2D eigenvalue weighted by atomic mass is 32.2. The highest BCUT2D eigenvalue weighted by Crippen LogP contribution is 2.28. The summed E-state index contributed by atoms with van der Waals surface area (Å²) < 4.78 is 1.69. The van der Waals surface area contributed by atoms with Gasteiger partial charge in [0.1, 0.15) is 23.0 Å². The van der Waals surface area contributed by atoms with E-state index in [4.69, 9.17) is 5.84 Å². The molecule has 7 nitrogen and oxygen atoms in total. The Balaban J connectivity index is 2.37. The van der Waals surface area contributed by atoms with Gasteiger partial charge in [0.2, 0.25) is 0 Å². The first kappa shape index (κ1) is 13.8. The van der Waals surface area contributed by atoms with Crippen molar-refractivity contribution < 1.29 is 0 Å². The number of aromatic nitrogens is 5. The van der Waals surface area contributed by atoms with E-state index in [2.05, 4.69) is 46.2 Å². The molecule has 0 bridgehead atoms. The molecule has 2 aromatic rings. The molecule has 19 heavy (non-hydrogen) atoms. The number of rotatable bonds is 3. The molecule has 0 atom stereocenters. The molecule has 0 unspecified atom stereocenters. The quantitative estimate of drug-likeness (QED) is 0.497. The van der Waals surface area contributed by atoms with Gasteiger partial charge >= 0.3 is 0 Å². The fraction of sp³-hybridized carbons (Fsp3) is 0.455. The first-order valence-electron chi connectivity index (χ1n) is 5.78. The second-order valence-electron chi connectivity index (χ2n) is 5.08. The lowest BCUT2D eigenvalue weighted by molar-refractivity contribution is 0.539. The van der Waals surface area contributed by atoms with Crippen LogP contribution >= 0.6 is 11.8 Å². The molecule has 2 aromatic heterocycles. The third-order valence-corrected chi connectivity index (χ3v) is 3.36. The van der Waals surface area contributed by atoms with E-state index in [9.17, 15) is 0 Å². The molecular weight excluding hydrogens is 262 g/mol. The summed E-state index contributed by atoms with van der Waals surface area (Å²) in [5.41, 5.74) is 2.42. The summed E-state index contributed by atoms with van der Waals surface area (Å²) >= 11 is 1.42. The summed E-state index contributed by atoms with van der Waals surface area (Å²) in [6, 6.07) is 1.79. The summed E-state index contributed by atoms with van der Waals surface area (Å²) in [6.07, 6.45) is 1.51. The van der Waals surface area contributed by atoms with E-state index in [0.717, 1.165) is 16.0 Å². The number of hydrazine groups is 1. The van der Waals surface area contributed by atoms with E-state index in [1.165, 1.54) is 18.1 Å². The average molecular weight is 279 g/mol. The molecule has 3 N–H and O–H groups in total. The van der Waals surface area contributed by atoms with Crippen molar-refractivity contribution in [3.05, 3.63) is 18.2 Å². The van der Waals surface area contributed by atoms with Crippen LogP contribution in [-0.4, -0.2) is 24.7 Å². The third kappa shape index (κ3) is 3.21. The molecule has 0 fully saturated rings. The fourth-order valence-electron chi connectivity index (χ4n) is 1.36. The number of hydrogen-bond acceptors (Lipinski definition) is 7. The van der Waals surface area contributed by atoms with Gasteiger partial charge in [0, 0.05) is 18.5 Å². The number of nitrogen functional groups attached to an aromatic ring is 1. The molecule has 8 heteroatoms. The van der Waals surface area contributed by atoms with Crippen LogP contribution in [0.25, 0.3) is 0 Å². The van der Waals surface area contributed by atoms with E-state index >= 15 is 0 Å². The Morgan fingerprint density at radius 3 is 2.58 bits per heavy atom. The number of nitrogens with two attached hydrogens (primary N) is 1. The largest absolute Gasteiger partial charge is 0.308 e. The van der Waals surface area contributed by atoms with Crippen LogP contribution in [0.4, 0.5) is 5.82 Å². The second kappa shape index (κ2) is 5.14. The van der Waals surface area contributed by atoms with Crippen molar-refractivity contribution in [3.8, 4) is 0 Å². The average Bonchev–Trinajstić information content (AvgIpc) is 2.73. The van der Waals surface area contributed by atoms with Gasteiger partial charge in [-0.1, -0.05) is 20.8 Å². The summed E-state index contributed by atoms with van der Waals surface area (Å²) in [7, 11) is 1.84. The summed E-state index contributed by atoms with van der Waals surface area (Å²) in [6.45, 7) is 6.16. The summed E-state index contributed by atoms with van der Waals surface area (Å²) in [5, 5.41) is 5.57. The van der Waals surface area contributed by atoms with Gasteiger partial charge in [0.25, 0.3) is 0 Å². The zero-order chi connectivity index (χ0) is 14.0. The summed E-state index contributed by atoms with van der Waals surface area (Å²) in [4.78, 5) is 13.1. The van der Waals surface area contributed by atoms with Gasteiger partial charge in [-0.05, 0) is 11.8 Å². The highest BCUT2D eigenvalue weighted by Gasteiger charge is 2.19. The Labute approximate surface area is 116 Å². The minimum absolute atomic E-state index is 0.151. The molecule has 102 valence electrons. The molecule has 2 rings (SSSR count). The van der Waals surface area contributed by atoms with E-state index in [-0.39, 0.29) is 5.41 Å². The van der Waals surface area contributed by atoms with Crippen LogP contribution in [0.2, 0.25) is 0 Å². The van der Waals surface area contributed by atoms with E-state index in [1.807, 2.05) is 7.05 Å². The monoisotopic (exact) mass is 279 g/mol. The maximum atomic E-state index is 5.45. The molecular formula is C11H17N7S. The van der Waals surface area contributed by atoms with E-state index < -0.39 is 0 Å². The van der Waals surface area contributed by atoms with E-state index in [1.54, 1.807) is 10.7 Å². The Morgan fingerprint density at radius 2 is 2.05 bits per heavy atom. The van der Waals surface area contributed by atoms with Crippen LogP contribution in [0.1, 0.15) is 26.6 Å². The van der Waals surface area contributed by atoms with Crippen molar-refractivity contribution in [3.63, 3.8) is 0 Å². The first-order chi connectivity index (χ1) is 8.90. The third-order valence-electron chi connectivity index (χ3n) is 2.39. The number of aryl methyl sites for hydroxylation is 1. The minimum Gasteiger partial charge on any atom is -0.308 e. The Kier molecular flexibility index (Phi) is 3.72. The summed E-state index contributed by atoms with van der Waals surface area (Å²) in [5.74, 6) is 6.77. The van der Waals surface area contributed by atoms with Crippen molar-refractivity contribution in [2.24, 2.45) is 12.9 Å². The topological polar surface area (TPSA) is 94.5 Å². The van der Waals surface area contributed by atoms with Crippen molar-refractivity contribution >= 4 is 17.6 Å². The smallest absolute Gasteiger partial charge is 0.192 e. The lowest BCUT2D eigenvalue weighted by Crippen LogP contribution is -2.19. The number of nitrogens with zero attached hydrogens (tertiary/aromatic N) is 5. The molecule has 0 saturated heterocycles. The molecule has 0 aliphatic rings. The number of nitrogens with one attached hydrogen (secondary N) is 1. The zero-order valence-electron chi connectivity index (χ0n) is 11.4. The van der Waals surface area contributed by atoms with Gasteiger partial charge in [-0.15, -0.1) is 0 Å². The molecule has 0 radical (unpaired) electrons. The number of hydrogen-bond donors (Lipinski definition) is 2. The predicted octanol–water partition coefficient (Wildman–Crippen LogP) is 1.34. The second-order valence-corrected chi connectivity index (χ2v) is 6.07. The molecule has 0 spiro atoms. The van der Waals surface area contributed by atoms with Gasteiger partial charge in [-0.3, -0.25) is 0 Å². The Morgan fingerprint density at radius 1 is 1.32 bits per heavy atom. The fourth-order valence-corrected chi connectivity index (χ4v) is 2.13. The standard InChI is InChI=1S/C11H17N7S/c1-11(2,3)9-15-7(17-12)5-8(16-9)19-10-13-6-14-18(10)4/h5-6H,12H2,1-4H3,(H,15,16,17). The van der Waals surface area contributed by atoms with E-state index in [0.29, 0.717) is 5.82 Å². The number of anilines is 1. The van der Waals surface area contributed by atoms with Crippen molar-refractivity contribution in [2.75, 3.05) is 5.43 Å². The lowest BCUT2D eigenvalue weighted by Gasteiger charge is -2.18. The molecule has 0 aliphatic heterocycles. The Hall–Kier alpha value is -1.67. The minimum atomic E-state index is -0.151. The van der Waals surface area contributed by atoms with Crippen molar-refractivity contribution in [1.29, 1.82) is 0 Å². The molecule has 0 aromatic carbocycles. The molecule has 0 aliphatic carbocycles. The maximum absolute atomic E-state index is 5.45. The SMILES string of the molecule is Cn1ncnc1Sc1cc(NN)nc(C(C)(C)C)n1. The van der Waals surface area contributed by atoms with Crippen molar-refractivity contribution in [1.82, 2.24) is 24.7 Å². The van der Waals surface area contributed by atoms with Crippen LogP contribution in [-0.2, 0) is 12.5 Å². The maximum Gasteiger partial charge on any atom is 0.192 e. The van der Waals surface area contributed by atoms with Crippen LogP contribution in [0, 0.1) is 0 Å². The highest BCUT2D eigenvalue weighted by molar-refractivity contribution is 7.99. The van der Waals surface area contributed by atoms with Crippen LogP contribution in [0.3, 0.4) is 0 Å². The molecule has 0 saturated carbocycles. The van der Waals surface area contributed by atoms with Crippen LogP contribution in [0.15, 0.2) is 22.6 Å². The zero-order valence-corrected chi connectivity index (χ0v) is 12.2. The van der Waals surface area contributed by atoms with Crippen LogP contribution in [0.5, 0.6) is 0 Å². The lowest BCUT2D eigenvalue weighted by atomic mass is 9.96. The van der Waals surface area contributed by atoms with Gasteiger partial charge in [0.05, 0.1) is 0 Å². The normalized spacial score (nSPS) is 11.6. The van der Waals surface area contributed by atoms with Gasteiger partial charge < -0.3 is 5.43 Å². The van der Waals surface area contributed by atoms with Gasteiger partial charge in [-0.25, -0.2) is 25.5 Å².